The second-order valence-corrected chi connectivity index (χ2v) is 7.23. The molecule has 2 amide bonds. The van der Waals surface area contributed by atoms with Crippen molar-refractivity contribution < 1.29 is 23.5 Å². The summed E-state index contributed by atoms with van der Waals surface area (Å²) in [5, 5.41) is 3.12. The van der Waals surface area contributed by atoms with Crippen LogP contribution in [0.15, 0.2) is 36.4 Å². The van der Waals surface area contributed by atoms with Crippen molar-refractivity contribution in [2.75, 3.05) is 32.1 Å². The number of halogens is 1. The fourth-order valence-electron chi connectivity index (χ4n) is 2.78. The number of hydrogen-bond acceptors (Lipinski definition) is 6. The van der Waals surface area contributed by atoms with Gasteiger partial charge < -0.3 is 19.7 Å². The number of rotatable bonds is 4. The fraction of sp³-hybridized carbons (Fsp3) is 0.211. The topological polar surface area (TPSA) is 80.8 Å². The summed E-state index contributed by atoms with van der Waals surface area (Å²) in [6, 6.07) is 8.78. The maximum atomic E-state index is 13.0. The number of carbonyl (C=O) groups excluding carboxylic acids is 2. The van der Waals surface area contributed by atoms with Crippen molar-refractivity contribution in [2.24, 2.45) is 0 Å². The maximum absolute atomic E-state index is 13.0. The van der Waals surface area contributed by atoms with Crippen molar-refractivity contribution in [3.63, 3.8) is 0 Å². The Labute approximate surface area is 163 Å². The fourth-order valence-corrected chi connectivity index (χ4v) is 3.67. The van der Waals surface area contributed by atoms with Crippen LogP contribution < -0.4 is 14.8 Å². The van der Waals surface area contributed by atoms with Crippen LogP contribution in [0.3, 0.4) is 0 Å². The Hall–Kier alpha value is -3.20. The molecule has 3 aromatic rings. The van der Waals surface area contributed by atoms with E-state index in [4.69, 9.17) is 9.47 Å². The van der Waals surface area contributed by atoms with Gasteiger partial charge in [0.05, 0.1) is 16.8 Å². The van der Waals surface area contributed by atoms with Crippen molar-refractivity contribution in [3.8, 4) is 11.5 Å². The van der Waals surface area contributed by atoms with Gasteiger partial charge in [-0.3, -0.25) is 9.59 Å². The molecule has 7 nitrogen and oxygen atoms in total. The number of amides is 2. The molecule has 1 aromatic heterocycles. The van der Waals surface area contributed by atoms with E-state index in [9.17, 15) is 14.0 Å². The summed E-state index contributed by atoms with van der Waals surface area (Å²) in [5.41, 5.74) is 1.00. The Bertz CT molecular complexity index is 1010. The van der Waals surface area contributed by atoms with E-state index in [1.165, 1.54) is 47.5 Å². The second-order valence-electron chi connectivity index (χ2n) is 6.20. The first-order chi connectivity index (χ1) is 13.5. The standard InChI is InChI=1S/C19H16FN3O4S/c1-23(18(25)11-2-4-12(20)5-3-11)10-17(24)22-19-21-13-8-14-15(9-16(13)28-19)27-7-6-26-14/h2-5,8-9H,6-7,10H2,1H3,(H,21,22,24). The molecule has 0 saturated carbocycles. The Kier molecular flexibility index (Phi) is 4.82. The summed E-state index contributed by atoms with van der Waals surface area (Å²) in [4.78, 5) is 30.3. The number of likely N-dealkylation sites (N-methyl/N-ethyl adjacent to an activating group) is 1. The highest BCUT2D eigenvalue weighted by molar-refractivity contribution is 7.22. The third-order valence-electron chi connectivity index (χ3n) is 4.12. The molecule has 0 radical (unpaired) electrons. The lowest BCUT2D eigenvalue weighted by molar-refractivity contribution is -0.116. The number of aromatic nitrogens is 1. The van der Waals surface area contributed by atoms with Gasteiger partial charge in [-0.1, -0.05) is 11.3 Å². The van der Waals surface area contributed by atoms with Gasteiger partial charge in [0.25, 0.3) is 5.91 Å². The van der Waals surface area contributed by atoms with Gasteiger partial charge in [0.15, 0.2) is 16.6 Å². The normalized spacial score (nSPS) is 12.6. The molecule has 0 unspecified atom stereocenters. The summed E-state index contributed by atoms with van der Waals surface area (Å²) < 4.78 is 24.9. The van der Waals surface area contributed by atoms with Gasteiger partial charge in [0.2, 0.25) is 5.91 Å². The molecule has 4 rings (SSSR count). The van der Waals surface area contributed by atoms with Crippen LogP contribution in [0.5, 0.6) is 11.5 Å². The molecule has 144 valence electrons. The van der Waals surface area contributed by atoms with Crippen molar-refractivity contribution in [1.82, 2.24) is 9.88 Å². The zero-order valence-corrected chi connectivity index (χ0v) is 15.7. The lowest BCUT2D eigenvalue weighted by Gasteiger charge is -2.17. The third kappa shape index (κ3) is 3.74. The molecule has 9 heteroatoms. The molecular weight excluding hydrogens is 385 g/mol. The van der Waals surface area contributed by atoms with E-state index in [0.717, 1.165) is 4.70 Å². The Morgan fingerprint density at radius 1 is 1.18 bits per heavy atom. The third-order valence-corrected chi connectivity index (χ3v) is 5.05. The lowest BCUT2D eigenvalue weighted by atomic mass is 10.2. The molecular formula is C19H16FN3O4S. The molecule has 0 saturated heterocycles. The minimum absolute atomic E-state index is 0.158. The van der Waals surface area contributed by atoms with Crippen LogP contribution in [0.2, 0.25) is 0 Å². The SMILES string of the molecule is CN(CC(=O)Nc1nc2cc3c(cc2s1)OCCO3)C(=O)c1ccc(F)cc1. The minimum Gasteiger partial charge on any atom is -0.486 e. The summed E-state index contributed by atoms with van der Waals surface area (Å²) in [7, 11) is 1.51. The molecule has 28 heavy (non-hydrogen) atoms. The first-order valence-corrected chi connectivity index (χ1v) is 9.32. The molecule has 0 fully saturated rings. The number of anilines is 1. The van der Waals surface area contributed by atoms with Crippen LogP contribution in [0.1, 0.15) is 10.4 Å². The van der Waals surface area contributed by atoms with Gasteiger partial charge in [-0.2, -0.15) is 0 Å². The Morgan fingerprint density at radius 2 is 1.86 bits per heavy atom. The molecule has 1 aliphatic heterocycles. The quantitative estimate of drug-likeness (QED) is 0.727. The zero-order valence-electron chi connectivity index (χ0n) is 14.9. The number of benzene rings is 2. The van der Waals surface area contributed by atoms with Crippen molar-refractivity contribution in [2.45, 2.75) is 0 Å². The Balaban J connectivity index is 1.43. The highest BCUT2D eigenvalue weighted by atomic mass is 32.1. The molecule has 1 aliphatic rings. The van der Waals surface area contributed by atoms with Crippen molar-refractivity contribution in [1.29, 1.82) is 0 Å². The van der Waals surface area contributed by atoms with Gasteiger partial charge in [-0.25, -0.2) is 9.37 Å². The molecule has 0 spiro atoms. The average Bonchev–Trinajstić information content (AvgIpc) is 3.06. The van der Waals surface area contributed by atoms with Crippen LogP contribution in [0.4, 0.5) is 9.52 Å². The molecule has 0 aliphatic carbocycles. The smallest absolute Gasteiger partial charge is 0.254 e. The first-order valence-electron chi connectivity index (χ1n) is 8.50. The van der Waals surface area contributed by atoms with Gasteiger partial charge in [0, 0.05) is 24.7 Å². The minimum atomic E-state index is -0.426. The summed E-state index contributed by atoms with van der Waals surface area (Å²) >= 11 is 1.31. The molecule has 0 atom stereocenters. The molecule has 2 heterocycles. The van der Waals surface area contributed by atoms with Crippen LogP contribution in [-0.4, -0.2) is 48.5 Å². The highest BCUT2D eigenvalue weighted by Gasteiger charge is 2.18. The number of carbonyl (C=O) groups is 2. The number of thiazole rings is 1. The first kappa shape index (κ1) is 18.2. The van der Waals surface area contributed by atoms with Crippen LogP contribution in [-0.2, 0) is 4.79 Å². The van der Waals surface area contributed by atoms with E-state index >= 15 is 0 Å². The maximum Gasteiger partial charge on any atom is 0.254 e. The number of hydrogen-bond donors (Lipinski definition) is 1. The van der Waals surface area contributed by atoms with E-state index in [0.29, 0.717) is 40.9 Å². The summed E-state index contributed by atoms with van der Waals surface area (Å²) in [5.74, 6) is 0.109. The number of ether oxygens (including phenoxy) is 2. The summed E-state index contributed by atoms with van der Waals surface area (Å²) in [6.45, 7) is 0.824. The van der Waals surface area contributed by atoms with Crippen LogP contribution in [0.25, 0.3) is 10.2 Å². The van der Waals surface area contributed by atoms with Gasteiger partial charge in [-0.05, 0) is 24.3 Å². The van der Waals surface area contributed by atoms with Gasteiger partial charge in [-0.15, -0.1) is 0 Å². The molecule has 2 aromatic carbocycles. The predicted octanol–water partition coefficient (Wildman–Crippen LogP) is 2.92. The van der Waals surface area contributed by atoms with Crippen LogP contribution in [0, 0.1) is 5.82 Å². The zero-order chi connectivity index (χ0) is 19.7. The van der Waals surface area contributed by atoms with Crippen LogP contribution >= 0.6 is 11.3 Å². The van der Waals surface area contributed by atoms with Crippen molar-refractivity contribution >= 4 is 38.5 Å². The van der Waals surface area contributed by atoms with Crippen molar-refractivity contribution in [3.05, 3.63) is 47.8 Å². The van der Waals surface area contributed by atoms with E-state index in [-0.39, 0.29) is 18.4 Å². The average molecular weight is 401 g/mol. The van der Waals surface area contributed by atoms with Gasteiger partial charge >= 0.3 is 0 Å². The number of nitrogens with zero attached hydrogens (tertiary/aromatic N) is 2. The Morgan fingerprint density at radius 3 is 2.57 bits per heavy atom. The monoisotopic (exact) mass is 401 g/mol. The van der Waals surface area contributed by atoms with Gasteiger partial charge in [0.1, 0.15) is 19.0 Å². The highest BCUT2D eigenvalue weighted by Crippen LogP contribution is 2.37. The lowest BCUT2D eigenvalue weighted by Crippen LogP contribution is -2.34. The molecule has 1 N–H and O–H groups in total. The molecule has 0 bridgehead atoms. The number of fused-ring (bicyclic) bond motifs is 2. The van der Waals surface area contributed by atoms with E-state index in [1.54, 1.807) is 6.07 Å². The van der Waals surface area contributed by atoms with E-state index < -0.39 is 5.82 Å². The number of nitrogens with one attached hydrogen (secondary N) is 1. The van der Waals surface area contributed by atoms with E-state index in [2.05, 4.69) is 10.3 Å². The van der Waals surface area contributed by atoms with E-state index in [1.807, 2.05) is 6.07 Å². The largest absolute Gasteiger partial charge is 0.486 e. The predicted molar refractivity (Wildman–Crippen MR) is 103 cm³/mol. The second kappa shape index (κ2) is 7.43. The summed E-state index contributed by atoms with van der Waals surface area (Å²) in [6.07, 6.45) is 0.